The van der Waals surface area contributed by atoms with E-state index in [9.17, 15) is 4.79 Å². The average Bonchev–Trinajstić information content (AvgIpc) is 3.01. The summed E-state index contributed by atoms with van der Waals surface area (Å²) in [6.45, 7) is 3.41. The molecule has 0 aromatic carbocycles. The van der Waals surface area contributed by atoms with Crippen molar-refractivity contribution in [1.82, 2.24) is 15.5 Å². The number of amides is 1. The molecule has 1 saturated carbocycles. The lowest BCUT2D eigenvalue weighted by molar-refractivity contribution is -0.115. The van der Waals surface area contributed by atoms with Crippen molar-refractivity contribution in [3.63, 3.8) is 0 Å². The van der Waals surface area contributed by atoms with Crippen LogP contribution in [0.15, 0.2) is 0 Å². The van der Waals surface area contributed by atoms with Gasteiger partial charge >= 0.3 is 0 Å². The minimum atomic E-state index is -0.0372. The van der Waals surface area contributed by atoms with Crippen LogP contribution in [0.1, 0.15) is 31.2 Å². The van der Waals surface area contributed by atoms with Crippen molar-refractivity contribution in [3.8, 4) is 0 Å². The molecule has 6 heteroatoms. The summed E-state index contributed by atoms with van der Waals surface area (Å²) >= 11 is 1.46. The van der Waals surface area contributed by atoms with Gasteiger partial charge in [-0.3, -0.25) is 10.1 Å². The molecule has 0 saturated heterocycles. The van der Waals surface area contributed by atoms with Crippen LogP contribution in [0.25, 0.3) is 0 Å². The SMILES string of the molecule is CCCc1nnc(NC(=O)CNCC2CC2)s1. The number of hydrogen-bond acceptors (Lipinski definition) is 5. The summed E-state index contributed by atoms with van der Waals surface area (Å²) in [5.41, 5.74) is 0. The highest BCUT2D eigenvalue weighted by molar-refractivity contribution is 7.15. The van der Waals surface area contributed by atoms with Crippen molar-refractivity contribution >= 4 is 22.4 Å². The lowest BCUT2D eigenvalue weighted by Gasteiger charge is -2.02. The molecule has 0 spiro atoms. The van der Waals surface area contributed by atoms with Crippen molar-refractivity contribution in [2.75, 3.05) is 18.4 Å². The van der Waals surface area contributed by atoms with Crippen LogP contribution in [-0.4, -0.2) is 29.2 Å². The standard InChI is InChI=1S/C11H18N4OS/c1-2-3-10-14-15-11(17-10)13-9(16)7-12-6-8-4-5-8/h8,12H,2-7H2,1H3,(H,13,15,16). The Balaban J connectivity index is 1.68. The Kier molecular flexibility index (Phi) is 4.44. The third-order valence-corrected chi connectivity index (χ3v) is 3.49. The molecular weight excluding hydrogens is 236 g/mol. The van der Waals surface area contributed by atoms with Crippen LogP contribution in [0.3, 0.4) is 0 Å². The maximum Gasteiger partial charge on any atom is 0.240 e. The lowest BCUT2D eigenvalue weighted by atomic mass is 10.4. The first kappa shape index (κ1) is 12.4. The van der Waals surface area contributed by atoms with Gasteiger partial charge < -0.3 is 5.32 Å². The van der Waals surface area contributed by atoms with Gasteiger partial charge in [-0.2, -0.15) is 0 Å². The summed E-state index contributed by atoms with van der Waals surface area (Å²) in [7, 11) is 0. The second-order valence-corrected chi connectivity index (χ2v) is 5.44. The molecule has 1 aliphatic rings. The van der Waals surface area contributed by atoms with E-state index in [1.165, 1.54) is 24.2 Å². The molecule has 1 aliphatic carbocycles. The molecule has 0 bridgehead atoms. The lowest BCUT2D eigenvalue weighted by Crippen LogP contribution is -2.29. The summed E-state index contributed by atoms with van der Waals surface area (Å²) in [4.78, 5) is 11.5. The molecule has 2 rings (SSSR count). The van der Waals surface area contributed by atoms with E-state index >= 15 is 0 Å². The van der Waals surface area contributed by atoms with Crippen molar-refractivity contribution < 1.29 is 4.79 Å². The fourth-order valence-corrected chi connectivity index (χ4v) is 2.35. The zero-order valence-corrected chi connectivity index (χ0v) is 10.8. The van der Waals surface area contributed by atoms with Gasteiger partial charge in [0.05, 0.1) is 6.54 Å². The Morgan fingerprint density at radius 1 is 1.47 bits per heavy atom. The van der Waals surface area contributed by atoms with Gasteiger partial charge in [0.25, 0.3) is 0 Å². The van der Waals surface area contributed by atoms with Gasteiger partial charge in [0, 0.05) is 6.42 Å². The summed E-state index contributed by atoms with van der Waals surface area (Å²) in [5, 5.41) is 15.4. The number of rotatable bonds is 7. The third-order valence-electron chi connectivity index (χ3n) is 2.59. The van der Waals surface area contributed by atoms with Gasteiger partial charge in [-0.15, -0.1) is 10.2 Å². The third kappa shape index (κ3) is 4.40. The van der Waals surface area contributed by atoms with Gasteiger partial charge in [0.1, 0.15) is 5.01 Å². The predicted molar refractivity (Wildman–Crippen MR) is 68.1 cm³/mol. The molecule has 1 aromatic rings. The second kappa shape index (κ2) is 6.07. The molecule has 17 heavy (non-hydrogen) atoms. The molecule has 94 valence electrons. The molecule has 0 radical (unpaired) electrons. The molecular formula is C11H18N4OS. The highest BCUT2D eigenvalue weighted by atomic mass is 32.1. The molecule has 5 nitrogen and oxygen atoms in total. The number of aromatic nitrogens is 2. The first-order chi connectivity index (χ1) is 8.28. The summed E-state index contributed by atoms with van der Waals surface area (Å²) in [6, 6.07) is 0. The monoisotopic (exact) mass is 254 g/mol. The van der Waals surface area contributed by atoms with E-state index in [0.717, 1.165) is 30.3 Å². The average molecular weight is 254 g/mol. The van der Waals surface area contributed by atoms with Gasteiger partial charge in [0.2, 0.25) is 11.0 Å². The van der Waals surface area contributed by atoms with Gasteiger partial charge in [-0.1, -0.05) is 18.3 Å². The first-order valence-corrected chi connectivity index (χ1v) is 6.92. The molecule has 1 fully saturated rings. The molecule has 0 aliphatic heterocycles. The molecule has 1 heterocycles. The number of aryl methyl sites for hydroxylation is 1. The Morgan fingerprint density at radius 2 is 2.29 bits per heavy atom. The quantitative estimate of drug-likeness (QED) is 0.772. The molecule has 0 unspecified atom stereocenters. The number of carbonyl (C=O) groups is 1. The molecule has 1 amide bonds. The highest BCUT2D eigenvalue weighted by Crippen LogP contribution is 2.27. The minimum absolute atomic E-state index is 0.0372. The van der Waals surface area contributed by atoms with E-state index in [4.69, 9.17) is 0 Å². The topological polar surface area (TPSA) is 66.9 Å². The van der Waals surface area contributed by atoms with E-state index in [1.54, 1.807) is 0 Å². The van der Waals surface area contributed by atoms with E-state index in [-0.39, 0.29) is 5.91 Å². The van der Waals surface area contributed by atoms with Crippen LogP contribution in [0.2, 0.25) is 0 Å². The van der Waals surface area contributed by atoms with Gasteiger partial charge in [-0.05, 0) is 31.7 Å². The fourth-order valence-electron chi connectivity index (χ4n) is 1.49. The van der Waals surface area contributed by atoms with E-state index in [0.29, 0.717) is 11.7 Å². The van der Waals surface area contributed by atoms with Crippen molar-refractivity contribution in [1.29, 1.82) is 0 Å². The number of anilines is 1. The smallest absolute Gasteiger partial charge is 0.240 e. The Labute approximate surface area is 105 Å². The largest absolute Gasteiger partial charge is 0.308 e. The second-order valence-electron chi connectivity index (χ2n) is 4.37. The van der Waals surface area contributed by atoms with E-state index in [2.05, 4.69) is 27.8 Å². The fraction of sp³-hybridized carbons (Fsp3) is 0.727. The van der Waals surface area contributed by atoms with Crippen LogP contribution in [0, 0.1) is 5.92 Å². The van der Waals surface area contributed by atoms with Crippen LogP contribution < -0.4 is 10.6 Å². The van der Waals surface area contributed by atoms with Crippen molar-refractivity contribution in [2.45, 2.75) is 32.6 Å². The highest BCUT2D eigenvalue weighted by Gasteiger charge is 2.20. The van der Waals surface area contributed by atoms with E-state index < -0.39 is 0 Å². The number of carbonyl (C=O) groups excluding carboxylic acids is 1. The van der Waals surface area contributed by atoms with Crippen LogP contribution in [0.4, 0.5) is 5.13 Å². The van der Waals surface area contributed by atoms with Crippen LogP contribution in [-0.2, 0) is 11.2 Å². The van der Waals surface area contributed by atoms with E-state index in [1.807, 2.05) is 0 Å². The Morgan fingerprint density at radius 3 is 3.00 bits per heavy atom. The van der Waals surface area contributed by atoms with Crippen molar-refractivity contribution in [2.24, 2.45) is 5.92 Å². The maximum atomic E-state index is 11.5. The minimum Gasteiger partial charge on any atom is -0.308 e. The van der Waals surface area contributed by atoms with Gasteiger partial charge in [-0.25, -0.2) is 0 Å². The number of hydrogen-bond donors (Lipinski definition) is 2. The number of nitrogens with zero attached hydrogens (tertiary/aromatic N) is 2. The molecule has 1 aromatic heterocycles. The Hall–Kier alpha value is -1.01. The van der Waals surface area contributed by atoms with Gasteiger partial charge in [0.15, 0.2) is 0 Å². The van der Waals surface area contributed by atoms with Crippen LogP contribution >= 0.6 is 11.3 Å². The predicted octanol–water partition coefficient (Wildman–Crippen LogP) is 1.43. The first-order valence-electron chi connectivity index (χ1n) is 6.11. The maximum absolute atomic E-state index is 11.5. The summed E-state index contributed by atoms with van der Waals surface area (Å²) < 4.78 is 0. The molecule has 0 atom stereocenters. The zero-order chi connectivity index (χ0) is 12.1. The number of nitrogens with one attached hydrogen (secondary N) is 2. The summed E-state index contributed by atoms with van der Waals surface area (Å²) in [5.74, 6) is 0.755. The molecule has 2 N–H and O–H groups in total. The Bertz CT molecular complexity index is 375. The van der Waals surface area contributed by atoms with Crippen LogP contribution in [0.5, 0.6) is 0 Å². The zero-order valence-electron chi connectivity index (χ0n) is 10.0. The summed E-state index contributed by atoms with van der Waals surface area (Å²) in [6.07, 6.45) is 4.57. The normalized spacial score (nSPS) is 14.9. The van der Waals surface area contributed by atoms with Crippen molar-refractivity contribution in [3.05, 3.63) is 5.01 Å².